The highest BCUT2D eigenvalue weighted by atomic mass is 16.1. The Morgan fingerprint density at radius 1 is 1.53 bits per heavy atom. The molecule has 0 aliphatic carbocycles. The van der Waals surface area contributed by atoms with Gasteiger partial charge < -0.3 is 10.6 Å². The van der Waals surface area contributed by atoms with Crippen LogP contribution in [0.15, 0.2) is 6.07 Å². The van der Waals surface area contributed by atoms with Crippen molar-refractivity contribution in [2.24, 2.45) is 5.41 Å². The maximum atomic E-state index is 11.8. The summed E-state index contributed by atoms with van der Waals surface area (Å²) < 4.78 is 0. The lowest BCUT2D eigenvalue weighted by Gasteiger charge is -2.34. The van der Waals surface area contributed by atoms with Gasteiger partial charge in [0, 0.05) is 12.2 Å². The number of carbonyl (C=O) groups excluding carboxylic acids is 1. The number of aromatic amines is 1. The van der Waals surface area contributed by atoms with Gasteiger partial charge in [-0.05, 0) is 44.3 Å². The fourth-order valence-electron chi connectivity index (χ4n) is 2.13. The molecule has 17 heavy (non-hydrogen) atoms. The summed E-state index contributed by atoms with van der Waals surface area (Å²) >= 11 is 0. The maximum Gasteiger partial charge on any atom is 0.271 e. The highest BCUT2D eigenvalue weighted by molar-refractivity contribution is 5.92. The second kappa shape index (κ2) is 4.87. The van der Waals surface area contributed by atoms with Gasteiger partial charge in [0.25, 0.3) is 5.91 Å². The van der Waals surface area contributed by atoms with Crippen molar-refractivity contribution in [1.82, 2.24) is 20.8 Å². The zero-order valence-electron chi connectivity index (χ0n) is 10.5. The van der Waals surface area contributed by atoms with Crippen LogP contribution in [-0.2, 0) is 0 Å². The largest absolute Gasteiger partial charge is 0.350 e. The third-order valence-corrected chi connectivity index (χ3v) is 3.42. The van der Waals surface area contributed by atoms with Crippen LogP contribution in [-0.4, -0.2) is 35.7 Å². The zero-order chi connectivity index (χ0) is 12.3. The van der Waals surface area contributed by atoms with Crippen LogP contribution in [0.2, 0.25) is 0 Å². The Labute approximate surface area is 101 Å². The molecule has 94 valence electrons. The van der Waals surface area contributed by atoms with E-state index in [-0.39, 0.29) is 11.3 Å². The van der Waals surface area contributed by atoms with E-state index in [0.29, 0.717) is 5.69 Å². The number of carbonyl (C=O) groups is 1. The Hall–Kier alpha value is -1.36. The molecular weight excluding hydrogens is 216 g/mol. The van der Waals surface area contributed by atoms with Crippen LogP contribution in [0, 0.1) is 12.3 Å². The van der Waals surface area contributed by atoms with Gasteiger partial charge in [0.15, 0.2) is 0 Å². The van der Waals surface area contributed by atoms with Crippen LogP contribution < -0.4 is 10.6 Å². The Kier molecular flexibility index (Phi) is 3.47. The molecule has 1 aliphatic rings. The summed E-state index contributed by atoms with van der Waals surface area (Å²) in [6, 6.07) is 1.76. The molecule has 1 saturated heterocycles. The number of piperidine rings is 1. The maximum absolute atomic E-state index is 11.8. The van der Waals surface area contributed by atoms with Crippen molar-refractivity contribution in [2.75, 3.05) is 19.6 Å². The average molecular weight is 236 g/mol. The minimum atomic E-state index is -0.0888. The molecule has 0 unspecified atom stereocenters. The molecule has 5 nitrogen and oxygen atoms in total. The quantitative estimate of drug-likeness (QED) is 0.728. The fourth-order valence-corrected chi connectivity index (χ4v) is 2.13. The Morgan fingerprint density at radius 3 is 2.82 bits per heavy atom. The van der Waals surface area contributed by atoms with E-state index < -0.39 is 0 Å². The molecule has 1 amide bonds. The third-order valence-electron chi connectivity index (χ3n) is 3.42. The number of nitrogens with zero attached hydrogens (tertiary/aromatic N) is 1. The molecule has 1 aromatic rings. The molecule has 0 bridgehead atoms. The Balaban J connectivity index is 1.87. The smallest absolute Gasteiger partial charge is 0.271 e. The highest BCUT2D eigenvalue weighted by Crippen LogP contribution is 2.26. The lowest BCUT2D eigenvalue weighted by Crippen LogP contribution is -2.42. The van der Waals surface area contributed by atoms with E-state index in [1.165, 1.54) is 0 Å². The Bertz CT molecular complexity index is 393. The molecule has 5 heteroatoms. The van der Waals surface area contributed by atoms with Gasteiger partial charge in [-0.25, -0.2) is 0 Å². The number of rotatable bonds is 3. The molecule has 1 fully saturated rings. The van der Waals surface area contributed by atoms with E-state index in [9.17, 15) is 4.79 Å². The molecule has 2 rings (SSSR count). The average Bonchev–Trinajstić information content (AvgIpc) is 2.74. The molecule has 0 saturated carbocycles. The first-order chi connectivity index (χ1) is 8.09. The first-order valence-electron chi connectivity index (χ1n) is 6.10. The Morgan fingerprint density at radius 2 is 2.24 bits per heavy atom. The van der Waals surface area contributed by atoms with Crippen molar-refractivity contribution in [2.45, 2.75) is 26.7 Å². The van der Waals surface area contributed by atoms with Crippen LogP contribution >= 0.6 is 0 Å². The number of aryl methyl sites for hydroxylation is 1. The summed E-state index contributed by atoms with van der Waals surface area (Å²) in [4.78, 5) is 11.8. The predicted octanol–water partition coefficient (Wildman–Crippen LogP) is 0.838. The van der Waals surface area contributed by atoms with Crippen molar-refractivity contribution in [3.8, 4) is 0 Å². The molecule has 0 radical (unpaired) electrons. The van der Waals surface area contributed by atoms with Crippen LogP contribution in [0.3, 0.4) is 0 Å². The number of hydrogen-bond acceptors (Lipinski definition) is 3. The van der Waals surface area contributed by atoms with Gasteiger partial charge in [-0.1, -0.05) is 6.92 Å². The number of aromatic nitrogens is 2. The van der Waals surface area contributed by atoms with E-state index in [1.807, 2.05) is 6.92 Å². The van der Waals surface area contributed by atoms with Crippen molar-refractivity contribution >= 4 is 5.91 Å². The molecular formula is C12H20N4O. The molecule has 1 aromatic heterocycles. The molecule has 3 N–H and O–H groups in total. The van der Waals surface area contributed by atoms with Crippen molar-refractivity contribution < 1.29 is 4.79 Å². The molecule has 0 atom stereocenters. The summed E-state index contributed by atoms with van der Waals surface area (Å²) in [5, 5.41) is 13.0. The number of hydrogen-bond donors (Lipinski definition) is 3. The summed E-state index contributed by atoms with van der Waals surface area (Å²) in [6.07, 6.45) is 2.21. The first kappa shape index (κ1) is 12.1. The molecule has 2 heterocycles. The molecule has 1 aliphatic heterocycles. The fraction of sp³-hybridized carbons (Fsp3) is 0.667. The lowest BCUT2D eigenvalue weighted by molar-refractivity contribution is 0.0917. The second-order valence-corrected chi connectivity index (χ2v) is 5.18. The van der Waals surface area contributed by atoms with Crippen molar-refractivity contribution in [3.05, 3.63) is 17.5 Å². The van der Waals surface area contributed by atoms with Crippen LogP contribution in [0.25, 0.3) is 0 Å². The van der Waals surface area contributed by atoms with Gasteiger partial charge in [-0.3, -0.25) is 9.89 Å². The second-order valence-electron chi connectivity index (χ2n) is 5.18. The zero-order valence-corrected chi connectivity index (χ0v) is 10.5. The molecule has 0 aromatic carbocycles. The van der Waals surface area contributed by atoms with E-state index in [1.54, 1.807) is 6.07 Å². The lowest BCUT2D eigenvalue weighted by atomic mass is 9.81. The van der Waals surface area contributed by atoms with E-state index in [2.05, 4.69) is 27.8 Å². The van der Waals surface area contributed by atoms with E-state index in [0.717, 1.165) is 38.2 Å². The summed E-state index contributed by atoms with van der Waals surface area (Å²) in [7, 11) is 0. The van der Waals surface area contributed by atoms with Gasteiger partial charge >= 0.3 is 0 Å². The predicted molar refractivity (Wildman–Crippen MR) is 65.9 cm³/mol. The van der Waals surface area contributed by atoms with Crippen molar-refractivity contribution in [3.63, 3.8) is 0 Å². The minimum absolute atomic E-state index is 0.0888. The first-order valence-corrected chi connectivity index (χ1v) is 6.10. The molecule has 0 spiro atoms. The minimum Gasteiger partial charge on any atom is -0.350 e. The number of H-pyrrole nitrogens is 1. The van der Waals surface area contributed by atoms with E-state index >= 15 is 0 Å². The van der Waals surface area contributed by atoms with Gasteiger partial charge in [-0.15, -0.1) is 0 Å². The standard InChI is InChI=1S/C12H20N4O/c1-9-7-10(16-15-9)11(17)14-8-12(2)3-5-13-6-4-12/h7,13H,3-6,8H2,1-2H3,(H,14,17)(H,15,16). The SMILES string of the molecule is Cc1cc(C(=O)NCC2(C)CCNCC2)n[nH]1. The van der Waals surface area contributed by atoms with Gasteiger partial charge in [0.1, 0.15) is 5.69 Å². The normalized spacial score (nSPS) is 18.9. The van der Waals surface area contributed by atoms with Crippen LogP contribution in [0.5, 0.6) is 0 Å². The van der Waals surface area contributed by atoms with Gasteiger partial charge in [0.05, 0.1) is 0 Å². The van der Waals surface area contributed by atoms with Gasteiger partial charge in [0.2, 0.25) is 0 Å². The van der Waals surface area contributed by atoms with E-state index in [4.69, 9.17) is 0 Å². The van der Waals surface area contributed by atoms with Crippen LogP contribution in [0.4, 0.5) is 0 Å². The summed E-state index contributed by atoms with van der Waals surface area (Å²) in [5.41, 5.74) is 1.59. The third kappa shape index (κ3) is 3.06. The number of amides is 1. The van der Waals surface area contributed by atoms with Gasteiger partial charge in [-0.2, -0.15) is 5.10 Å². The van der Waals surface area contributed by atoms with Crippen molar-refractivity contribution in [1.29, 1.82) is 0 Å². The van der Waals surface area contributed by atoms with Crippen LogP contribution in [0.1, 0.15) is 35.9 Å². The topological polar surface area (TPSA) is 69.8 Å². The highest BCUT2D eigenvalue weighted by Gasteiger charge is 2.27. The summed E-state index contributed by atoms with van der Waals surface area (Å²) in [6.45, 7) is 6.91. The number of nitrogens with one attached hydrogen (secondary N) is 3. The monoisotopic (exact) mass is 236 g/mol. The summed E-state index contributed by atoms with van der Waals surface area (Å²) in [5.74, 6) is -0.0888.